The number of amidine groups is 1. The van der Waals surface area contributed by atoms with Gasteiger partial charge in [0.25, 0.3) is 6.02 Å². The van der Waals surface area contributed by atoms with Gasteiger partial charge in [-0.1, -0.05) is 19.9 Å². The maximum atomic E-state index is 15.6. The van der Waals surface area contributed by atoms with Crippen LogP contribution in [0.5, 0.6) is 11.5 Å². The summed E-state index contributed by atoms with van der Waals surface area (Å²) >= 11 is 0. The van der Waals surface area contributed by atoms with E-state index in [9.17, 15) is 0 Å². The van der Waals surface area contributed by atoms with Crippen molar-refractivity contribution in [1.29, 1.82) is 0 Å². The fraction of sp³-hybridized carbons (Fsp3) is 0.346. The molecule has 1 aromatic heterocycles. The number of rotatable bonds is 2. The van der Waals surface area contributed by atoms with Crippen LogP contribution in [0, 0.1) is 11.2 Å². The van der Waals surface area contributed by atoms with Crippen molar-refractivity contribution in [3.8, 4) is 22.6 Å². The van der Waals surface area contributed by atoms with Crippen molar-refractivity contribution in [2.75, 3.05) is 24.6 Å². The molecule has 3 aromatic rings. The molecule has 8 heteroatoms. The number of ether oxygens (including phenoxy) is 2. The third-order valence-corrected chi connectivity index (χ3v) is 7.00. The normalized spacial score (nSPS) is 22.4. The first-order valence-corrected chi connectivity index (χ1v) is 11.5. The van der Waals surface area contributed by atoms with Gasteiger partial charge in [-0.3, -0.25) is 0 Å². The van der Waals surface area contributed by atoms with Crippen molar-refractivity contribution < 1.29 is 13.9 Å². The molecular formula is C26H26FN5O2. The van der Waals surface area contributed by atoms with Gasteiger partial charge in [0.1, 0.15) is 18.7 Å². The van der Waals surface area contributed by atoms with E-state index in [0.717, 1.165) is 48.3 Å². The molecule has 3 aliphatic rings. The Morgan fingerprint density at radius 1 is 1.06 bits per heavy atom. The predicted molar refractivity (Wildman–Crippen MR) is 128 cm³/mol. The van der Waals surface area contributed by atoms with Crippen molar-refractivity contribution in [2.24, 2.45) is 16.1 Å². The number of aromatic nitrogens is 2. The molecule has 1 saturated heterocycles. The van der Waals surface area contributed by atoms with E-state index in [1.807, 2.05) is 24.3 Å². The second-order valence-corrected chi connectivity index (χ2v) is 10.0. The lowest BCUT2D eigenvalue weighted by molar-refractivity contribution is 0.261. The number of fused-ring (bicyclic) bond motifs is 4. The number of halogens is 1. The highest BCUT2D eigenvalue weighted by atomic mass is 19.1. The van der Waals surface area contributed by atoms with E-state index in [0.29, 0.717) is 11.3 Å². The smallest absolute Gasteiger partial charge is 0.283 e. The number of aliphatic imine (C=N–C) groups is 1. The molecule has 0 unspecified atom stereocenters. The molecule has 2 aromatic carbocycles. The molecule has 1 fully saturated rings. The summed E-state index contributed by atoms with van der Waals surface area (Å²) in [4.78, 5) is 15.2. The van der Waals surface area contributed by atoms with Gasteiger partial charge in [-0.15, -0.1) is 0 Å². The first kappa shape index (κ1) is 20.9. The average Bonchev–Trinajstić information content (AvgIpc) is 3.22. The van der Waals surface area contributed by atoms with Gasteiger partial charge in [0.2, 0.25) is 0 Å². The topological polar surface area (TPSA) is 85.9 Å². The average molecular weight is 460 g/mol. The molecule has 0 aliphatic carbocycles. The minimum atomic E-state index is -0.999. The molecule has 0 saturated carbocycles. The molecule has 4 heterocycles. The predicted octanol–water partition coefficient (Wildman–Crippen LogP) is 4.60. The second kappa shape index (κ2) is 7.41. The Morgan fingerprint density at radius 2 is 1.88 bits per heavy atom. The number of hydrogen-bond donors (Lipinski definition) is 1. The number of benzene rings is 2. The summed E-state index contributed by atoms with van der Waals surface area (Å²) < 4.78 is 27.4. The Kier molecular flexibility index (Phi) is 4.56. The molecule has 34 heavy (non-hydrogen) atoms. The van der Waals surface area contributed by atoms with Crippen LogP contribution in [0.15, 0.2) is 54.0 Å². The van der Waals surface area contributed by atoms with Gasteiger partial charge >= 0.3 is 0 Å². The van der Waals surface area contributed by atoms with Crippen LogP contribution in [-0.4, -0.2) is 35.7 Å². The van der Waals surface area contributed by atoms with Gasteiger partial charge in [0, 0.05) is 53.9 Å². The molecule has 7 nitrogen and oxygen atoms in total. The minimum absolute atomic E-state index is 0.0807. The molecule has 174 valence electrons. The van der Waals surface area contributed by atoms with Crippen LogP contribution >= 0.6 is 0 Å². The first-order valence-electron chi connectivity index (χ1n) is 11.5. The highest BCUT2D eigenvalue weighted by molar-refractivity contribution is 5.78. The van der Waals surface area contributed by atoms with E-state index in [2.05, 4.69) is 28.7 Å². The minimum Gasteiger partial charge on any atom is -0.462 e. The van der Waals surface area contributed by atoms with Crippen LogP contribution < -0.4 is 15.4 Å². The Labute approximate surface area is 197 Å². The van der Waals surface area contributed by atoms with E-state index in [-0.39, 0.29) is 23.8 Å². The summed E-state index contributed by atoms with van der Waals surface area (Å²) in [5, 5.41) is 0. The van der Waals surface area contributed by atoms with Crippen LogP contribution in [-0.2, 0) is 10.3 Å². The Bertz CT molecular complexity index is 1310. The Balaban J connectivity index is 1.52. The Hall–Kier alpha value is -3.68. The van der Waals surface area contributed by atoms with Crippen LogP contribution in [0.3, 0.4) is 0 Å². The molecule has 1 atom stereocenters. The molecule has 0 amide bonds. The molecule has 1 spiro atoms. The van der Waals surface area contributed by atoms with Crippen molar-refractivity contribution in [1.82, 2.24) is 9.97 Å². The van der Waals surface area contributed by atoms with E-state index in [1.165, 1.54) is 6.33 Å². The lowest BCUT2D eigenvalue weighted by atomic mass is 9.79. The maximum Gasteiger partial charge on any atom is 0.283 e. The molecule has 3 aliphatic heterocycles. The standard InChI is InChI=1S/C26H26FN5O2/c1-25(2)6-3-7-32(13-25)18-9-20-23(21(27)10-18)34-22-5-4-16(17-11-29-15-30-12-17)8-19(22)26(20)14-33-24(28)31-26/h4-5,8-12,15H,3,6-7,13-14H2,1-2H3,(H2,28,31)/t26-/m0/s1. The first-order chi connectivity index (χ1) is 16.3. The van der Waals surface area contributed by atoms with Crippen LogP contribution in [0.25, 0.3) is 11.1 Å². The fourth-order valence-corrected chi connectivity index (χ4v) is 5.35. The number of anilines is 1. The van der Waals surface area contributed by atoms with Crippen molar-refractivity contribution >= 4 is 11.7 Å². The highest BCUT2D eigenvalue weighted by Gasteiger charge is 2.48. The summed E-state index contributed by atoms with van der Waals surface area (Å²) in [6.07, 6.45) is 7.20. The van der Waals surface area contributed by atoms with E-state index < -0.39 is 11.4 Å². The zero-order chi connectivity index (χ0) is 23.5. The zero-order valence-electron chi connectivity index (χ0n) is 19.2. The third-order valence-electron chi connectivity index (χ3n) is 7.00. The summed E-state index contributed by atoms with van der Waals surface area (Å²) in [6, 6.07) is 9.35. The number of piperidine rings is 1. The van der Waals surface area contributed by atoms with Gasteiger partial charge < -0.3 is 20.1 Å². The van der Waals surface area contributed by atoms with Crippen molar-refractivity contribution in [3.63, 3.8) is 0 Å². The SMILES string of the molecule is CC1(C)CCCN(c2cc(F)c3c(c2)[C@]2(COC(N)=N2)c2cc(-c4cncnc4)ccc2O3)C1. The third kappa shape index (κ3) is 3.28. The number of nitrogens with two attached hydrogens (primary N) is 1. The largest absolute Gasteiger partial charge is 0.462 e. The second-order valence-electron chi connectivity index (χ2n) is 10.0. The van der Waals surface area contributed by atoms with Crippen LogP contribution in [0.4, 0.5) is 10.1 Å². The molecule has 6 rings (SSSR count). The van der Waals surface area contributed by atoms with Crippen LogP contribution in [0.2, 0.25) is 0 Å². The lowest BCUT2D eigenvalue weighted by Gasteiger charge is -2.40. The van der Waals surface area contributed by atoms with Gasteiger partial charge in [0.15, 0.2) is 17.1 Å². The monoisotopic (exact) mass is 459 g/mol. The number of hydrogen-bond acceptors (Lipinski definition) is 7. The summed E-state index contributed by atoms with van der Waals surface area (Å²) in [5.41, 5.74) is 9.17. The van der Waals surface area contributed by atoms with E-state index >= 15 is 4.39 Å². The van der Waals surface area contributed by atoms with Gasteiger partial charge in [-0.05, 0) is 42.0 Å². The summed E-state index contributed by atoms with van der Waals surface area (Å²) in [5.74, 6) is 0.286. The quantitative estimate of drug-likeness (QED) is 0.603. The van der Waals surface area contributed by atoms with Gasteiger partial charge in [-0.25, -0.2) is 19.4 Å². The molecule has 0 bridgehead atoms. The Morgan fingerprint density at radius 3 is 2.62 bits per heavy atom. The van der Waals surface area contributed by atoms with Crippen molar-refractivity contribution in [2.45, 2.75) is 32.2 Å². The van der Waals surface area contributed by atoms with E-state index in [1.54, 1.807) is 18.5 Å². The maximum absolute atomic E-state index is 15.6. The number of nitrogens with zero attached hydrogens (tertiary/aromatic N) is 4. The van der Waals surface area contributed by atoms with E-state index in [4.69, 9.17) is 20.2 Å². The van der Waals surface area contributed by atoms with Crippen LogP contribution in [0.1, 0.15) is 37.8 Å². The molecule has 2 N–H and O–H groups in total. The fourth-order valence-electron chi connectivity index (χ4n) is 5.35. The van der Waals surface area contributed by atoms with Gasteiger partial charge in [-0.2, -0.15) is 0 Å². The summed E-state index contributed by atoms with van der Waals surface area (Å²) in [6.45, 7) is 6.41. The van der Waals surface area contributed by atoms with Crippen molar-refractivity contribution in [3.05, 3.63) is 66.0 Å². The summed E-state index contributed by atoms with van der Waals surface area (Å²) in [7, 11) is 0. The lowest BCUT2D eigenvalue weighted by Crippen LogP contribution is -2.40. The molecular weight excluding hydrogens is 433 g/mol. The zero-order valence-corrected chi connectivity index (χ0v) is 19.2. The van der Waals surface area contributed by atoms with Gasteiger partial charge in [0.05, 0.1) is 0 Å². The highest BCUT2D eigenvalue weighted by Crippen LogP contribution is 2.53. The molecule has 0 radical (unpaired) electrons.